The van der Waals surface area contributed by atoms with Crippen LogP contribution in [0.15, 0.2) is 0 Å². The van der Waals surface area contributed by atoms with Crippen molar-refractivity contribution in [2.45, 2.75) is 44.6 Å². The molecule has 3 rings (SSSR count). The van der Waals surface area contributed by atoms with Crippen molar-refractivity contribution in [3.63, 3.8) is 0 Å². The summed E-state index contributed by atoms with van der Waals surface area (Å²) >= 11 is 0. The van der Waals surface area contributed by atoms with Crippen LogP contribution in [-0.2, 0) is 4.79 Å². The first kappa shape index (κ1) is 22.0. The van der Waals surface area contributed by atoms with Crippen molar-refractivity contribution >= 4 is 30.7 Å². The fourth-order valence-electron chi connectivity index (χ4n) is 4.12. The van der Waals surface area contributed by atoms with Gasteiger partial charge in [-0.1, -0.05) is 6.42 Å². The first-order chi connectivity index (χ1) is 10.8. The predicted octanol–water partition coefficient (Wildman–Crippen LogP) is 1.60. The lowest BCUT2D eigenvalue weighted by atomic mass is 10.00. The molecule has 3 aliphatic rings. The average molecular weight is 381 g/mol. The third-order valence-corrected chi connectivity index (χ3v) is 5.58. The molecule has 0 unspecified atom stereocenters. The van der Waals surface area contributed by atoms with Gasteiger partial charge in [0.05, 0.1) is 0 Å². The highest BCUT2D eigenvalue weighted by atomic mass is 35.5. The molecule has 0 aliphatic carbocycles. The summed E-state index contributed by atoms with van der Waals surface area (Å²) in [6.45, 7) is 9.60. The molecule has 1 N–H and O–H groups in total. The van der Waals surface area contributed by atoms with E-state index in [1.54, 1.807) is 0 Å². The summed E-state index contributed by atoms with van der Waals surface area (Å²) in [6.07, 6.45) is 7.49. The van der Waals surface area contributed by atoms with E-state index < -0.39 is 0 Å². The van der Waals surface area contributed by atoms with Gasteiger partial charge in [-0.25, -0.2) is 0 Å². The molecular formula is C17H34Cl2N4O. The molecule has 142 valence electrons. The van der Waals surface area contributed by atoms with E-state index in [1.807, 2.05) is 4.90 Å². The van der Waals surface area contributed by atoms with Gasteiger partial charge in [-0.05, 0) is 51.9 Å². The van der Waals surface area contributed by atoms with Gasteiger partial charge in [0.2, 0.25) is 5.91 Å². The van der Waals surface area contributed by atoms with Crippen LogP contribution in [0, 0.1) is 0 Å². The number of carbonyl (C=O) groups excluding carboxylic acids is 1. The molecule has 0 radical (unpaired) electrons. The Kier molecular flexibility index (Phi) is 10.6. The van der Waals surface area contributed by atoms with Crippen LogP contribution in [-0.4, -0.2) is 85.6 Å². The van der Waals surface area contributed by atoms with Gasteiger partial charge >= 0.3 is 0 Å². The smallest absolute Gasteiger partial charge is 0.223 e. The summed E-state index contributed by atoms with van der Waals surface area (Å²) in [5.74, 6) is 0.347. The lowest BCUT2D eigenvalue weighted by molar-refractivity contribution is -0.132. The molecule has 0 aromatic heterocycles. The summed E-state index contributed by atoms with van der Waals surface area (Å²) in [5.41, 5.74) is 0. The Balaban J connectivity index is 0.00000144. The maximum Gasteiger partial charge on any atom is 0.223 e. The summed E-state index contributed by atoms with van der Waals surface area (Å²) in [5, 5.41) is 3.30. The number of rotatable bonds is 4. The van der Waals surface area contributed by atoms with Crippen LogP contribution in [0.4, 0.5) is 0 Å². The van der Waals surface area contributed by atoms with E-state index in [1.165, 1.54) is 58.3 Å². The quantitative estimate of drug-likeness (QED) is 0.803. The van der Waals surface area contributed by atoms with E-state index in [4.69, 9.17) is 0 Å². The Morgan fingerprint density at radius 3 is 2.12 bits per heavy atom. The molecule has 7 heteroatoms. The highest BCUT2D eigenvalue weighted by Gasteiger charge is 2.26. The fraction of sp³-hybridized carbons (Fsp3) is 0.941. The summed E-state index contributed by atoms with van der Waals surface area (Å²) in [4.78, 5) is 19.5. The molecule has 0 saturated carbocycles. The Bertz CT molecular complexity index is 352. The van der Waals surface area contributed by atoms with Crippen LogP contribution in [0.3, 0.4) is 0 Å². The second-order valence-electron chi connectivity index (χ2n) is 7.05. The number of hydrogen-bond acceptors (Lipinski definition) is 4. The zero-order valence-electron chi connectivity index (χ0n) is 14.8. The molecule has 24 heavy (non-hydrogen) atoms. The standard InChI is InChI=1S/C17H32N4O.2ClH/c22-17(21-14-7-18-8-15-21)6-13-19-11-4-16(5-12-19)20-9-2-1-3-10-20;;/h16,18H,1-15H2;2*1H. The second-order valence-corrected chi connectivity index (χ2v) is 7.05. The Morgan fingerprint density at radius 2 is 1.50 bits per heavy atom. The maximum absolute atomic E-state index is 12.2. The summed E-state index contributed by atoms with van der Waals surface area (Å²) in [7, 11) is 0. The minimum Gasteiger partial charge on any atom is -0.340 e. The predicted molar refractivity (Wildman–Crippen MR) is 103 cm³/mol. The van der Waals surface area contributed by atoms with Crippen molar-refractivity contribution in [2.75, 3.05) is 58.9 Å². The van der Waals surface area contributed by atoms with Crippen LogP contribution in [0.25, 0.3) is 0 Å². The number of carbonyl (C=O) groups is 1. The Labute approximate surface area is 159 Å². The molecule has 0 atom stereocenters. The molecule has 0 aromatic carbocycles. The van der Waals surface area contributed by atoms with E-state index in [0.29, 0.717) is 12.3 Å². The maximum atomic E-state index is 12.2. The lowest BCUT2D eigenvalue weighted by Crippen LogP contribution is -2.49. The molecule has 3 heterocycles. The van der Waals surface area contributed by atoms with Crippen molar-refractivity contribution in [3.8, 4) is 0 Å². The number of halogens is 2. The molecule has 1 amide bonds. The number of nitrogens with zero attached hydrogens (tertiary/aromatic N) is 3. The van der Waals surface area contributed by atoms with Gasteiger partial charge in [0.25, 0.3) is 0 Å². The van der Waals surface area contributed by atoms with Crippen LogP contribution >= 0.6 is 24.8 Å². The third kappa shape index (κ3) is 6.34. The van der Waals surface area contributed by atoms with Gasteiger partial charge in [0, 0.05) is 45.2 Å². The minimum atomic E-state index is 0. The lowest BCUT2D eigenvalue weighted by Gasteiger charge is -2.40. The van der Waals surface area contributed by atoms with Crippen LogP contribution < -0.4 is 5.32 Å². The molecular weight excluding hydrogens is 347 g/mol. The van der Waals surface area contributed by atoms with Crippen molar-refractivity contribution < 1.29 is 4.79 Å². The fourth-order valence-corrected chi connectivity index (χ4v) is 4.12. The molecule has 0 bridgehead atoms. The number of hydrogen-bond donors (Lipinski definition) is 1. The molecule has 0 aromatic rings. The first-order valence-electron chi connectivity index (χ1n) is 9.28. The van der Waals surface area contributed by atoms with E-state index in [9.17, 15) is 4.79 Å². The van der Waals surface area contributed by atoms with Crippen LogP contribution in [0.5, 0.6) is 0 Å². The monoisotopic (exact) mass is 380 g/mol. The minimum absolute atomic E-state index is 0. The normalized spacial score (nSPS) is 24.1. The van der Waals surface area contributed by atoms with E-state index in [2.05, 4.69) is 15.1 Å². The van der Waals surface area contributed by atoms with Crippen LogP contribution in [0.1, 0.15) is 38.5 Å². The van der Waals surface area contributed by atoms with Gasteiger partial charge < -0.3 is 20.0 Å². The zero-order valence-corrected chi connectivity index (χ0v) is 16.4. The second kappa shape index (κ2) is 11.5. The van der Waals surface area contributed by atoms with Crippen molar-refractivity contribution in [2.24, 2.45) is 0 Å². The highest BCUT2D eigenvalue weighted by molar-refractivity contribution is 5.85. The Hall–Kier alpha value is -0.0700. The zero-order chi connectivity index (χ0) is 15.2. The van der Waals surface area contributed by atoms with Gasteiger partial charge in [-0.2, -0.15) is 0 Å². The first-order valence-corrected chi connectivity index (χ1v) is 9.28. The number of piperazine rings is 1. The molecule has 3 aliphatic heterocycles. The third-order valence-electron chi connectivity index (χ3n) is 5.58. The van der Waals surface area contributed by atoms with Gasteiger partial charge in [-0.15, -0.1) is 24.8 Å². The average Bonchev–Trinajstić information content (AvgIpc) is 2.61. The topological polar surface area (TPSA) is 38.8 Å². The SMILES string of the molecule is Cl.Cl.O=C(CCN1CCC(N2CCCCC2)CC1)N1CCNCC1. The number of amides is 1. The van der Waals surface area contributed by atoms with E-state index in [-0.39, 0.29) is 24.8 Å². The Morgan fingerprint density at radius 1 is 0.875 bits per heavy atom. The largest absolute Gasteiger partial charge is 0.340 e. The molecule has 3 saturated heterocycles. The van der Waals surface area contributed by atoms with E-state index in [0.717, 1.165) is 38.8 Å². The summed E-state index contributed by atoms with van der Waals surface area (Å²) in [6, 6.07) is 0.806. The number of likely N-dealkylation sites (tertiary alicyclic amines) is 2. The molecule has 3 fully saturated rings. The number of nitrogens with one attached hydrogen (secondary N) is 1. The van der Waals surface area contributed by atoms with E-state index >= 15 is 0 Å². The van der Waals surface area contributed by atoms with Gasteiger partial charge in [0.1, 0.15) is 0 Å². The van der Waals surface area contributed by atoms with Crippen molar-refractivity contribution in [1.29, 1.82) is 0 Å². The molecule has 0 spiro atoms. The molecule has 5 nitrogen and oxygen atoms in total. The highest BCUT2D eigenvalue weighted by Crippen LogP contribution is 2.20. The van der Waals surface area contributed by atoms with Gasteiger partial charge in [-0.3, -0.25) is 4.79 Å². The van der Waals surface area contributed by atoms with Crippen molar-refractivity contribution in [1.82, 2.24) is 20.0 Å². The van der Waals surface area contributed by atoms with Gasteiger partial charge in [0.15, 0.2) is 0 Å². The van der Waals surface area contributed by atoms with Crippen molar-refractivity contribution in [3.05, 3.63) is 0 Å². The number of piperidine rings is 2. The summed E-state index contributed by atoms with van der Waals surface area (Å²) < 4.78 is 0. The van der Waals surface area contributed by atoms with Crippen LogP contribution in [0.2, 0.25) is 0 Å².